The van der Waals surface area contributed by atoms with Crippen molar-refractivity contribution in [2.45, 2.75) is 70.8 Å². The Morgan fingerprint density at radius 2 is 1.92 bits per heavy atom. The van der Waals surface area contributed by atoms with E-state index in [9.17, 15) is 14.6 Å². The van der Waals surface area contributed by atoms with E-state index >= 15 is 4.39 Å². The average molecular weight is 690 g/mol. The molecular weight excluding hydrogens is 640 g/mol. The fourth-order valence-corrected chi connectivity index (χ4v) is 7.44. The number of piperidine rings is 1. The Morgan fingerprint density at radius 1 is 1.16 bits per heavy atom. The van der Waals surface area contributed by atoms with Crippen LogP contribution in [0.1, 0.15) is 75.8 Å². The van der Waals surface area contributed by atoms with Gasteiger partial charge in [-0.05, 0) is 76.5 Å². The molecule has 268 valence electrons. The molecule has 2 aromatic carbocycles. The summed E-state index contributed by atoms with van der Waals surface area (Å²) >= 11 is 0. The van der Waals surface area contributed by atoms with Gasteiger partial charge >= 0.3 is 0 Å². The van der Waals surface area contributed by atoms with E-state index in [1.165, 1.54) is 61.1 Å². The van der Waals surface area contributed by atoms with E-state index in [1.807, 2.05) is 6.92 Å². The van der Waals surface area contributed by atoms with Gasteiger partial charge in [-0.1, -0.05) is 44.1 Å². The number of aromatic hydroxyl groups is 1. The molecule has 11 heteroatoms. The van der Waals surface area contributed by atoms with Gasteiger partial charge in [0.05, 0.1) is 24.4 Å². The van der Waals surface area contributed by atoms with Crippen molar-refractivity contribution in [2.24, 2.45) is 20.4 Å². The van der Waals surface area contributed by atoms with Gasteiger partial charge in [-0.2, -0.15) is 0 Å². The van der Waals surface area contributed by atoms with Crippen molar-refractivity contribution >= 4 is 35.1 Å². The first-order valence-electron chi connectivity index (χ1n) is 17.6. The third-order valence-corrected chi connectivity index (χ3v) is 10.3. The molecule has 0 radical (unpaired) electrons. The number of aliphatic hydroxyl groups is 1. The Hall–Kier alpha value is -3.95. The van der Waals surface area contributed by atoms with Crippen molar-refractivity contribution in [1.82, 2.24) is 9.80 Å². The van der Waals surface area contributed by atoms with Gasteiger partial charge in [0, 0.05) is 41.8 Å². The first-order valence-corrected chi connectivity index (χ1v) is 17.6. The molecule has 6 rings (SSSR count). The molecule has 0 amide bonds. The van der Waals surface area contributed by atoms with Crippen LogP contribution >= 0.6 is 0 Å². The number of aliphatic hydroxyl groups excluding tert-OH is 1. The smallest absolute Gasteiger partial charge is 0.175 e. The molecule has 1 saturated heterocycles. The number of aliphatic imine (C=N–C) groups is 3. The van der Waals surface area contributed by atoms with E-state index in [4.69, 9.17) is 15.9 Å². The number of hydrogen-bond donors (Lipinski definition) is 2. The number of nitrogens with zero attached hydrogens (tertiary/aromatic N) is 5. The maximum atomic E-state index is 16.8. The second-order valence-electron chi connectivity index (χ2n) is 13.3. The quantitative estimate of drug-likeness (QED) is 0.110. The Labute approximate surface area is 294 Å². The monoisotopic (exact) mass is 689 g/mol. The normalized spacial score (nSPS) is 23.6. The largest absolute Gasteiger partial charge is 0.508 e. The Morgan fingerprint density at radius 3 is 2.60 bits per heavy atom. The number of likely N-dealkylation sites (tertiary alicyclic amines) is 1. The molecule has 2 unspecified atom stereocenters. The molecule has 2 saturated carbocycles. The van der Waals surface area contributed by atoms with E-state index in [2.05, 4.69) is 39.6 Å². The second-order valence-corrected chi connectivity index (χ2v) is 13.3. The van der Waals surface area contributed by atoms with Gasteiger partial charge in [0.15, 0.2) is 5.83 Å². The highest BCUT2D eigenvalue weighted by Crippen LogP contribution is 2.47. The molecule has 2 atom stereocenters. The molecule has 9 nitrogen and oxygen atoms in total. The molecule has 2 aliphatic heterocycles. The zero-order valence-electron chi connectivity index (χ0n) is 29.3. The highest BCUT2D eigenvalue weighted by molar-refractivity contribution is 6.29. The zero-order chi connectivity index (χ0) is 35.7. The van der Waals surface area contributed by atoms with Gasteiger partial charge in [-0.15, -0.1) is 6.42 Å². The summed E-state index contributed by atoms with van der Waals surface area (Å²) in [6.07, 6.45) is 18.6. The Balaban J connectivity index is 0.00000113. The maximum absolute atomic E-state index is 16.8. The summed E-state index contributed by atoms with van der Waals surface area (Å²) < 4.78 is 43.3. The van der Waals surface area contributed by atoms with E-state index in [0.717, 1.165) is 38.6 Å². The van der Waals surface area contributed by atoms with Crippen molar-refractivity contribution in [3.05, 3.63) is 58.4 Å². The standard InChI is InChI=1S/C35H41F2N5O4.C4H8/c1-5-25-28(36)11-10-23-17-24(44)18-26(30(23)25)32-31(37)33(27(19-39-32)34(38-3)42(22-43)15-16-45-6-2)40-21-46-20-35-12-7-9-29(35)41(4)14-8-13-35;1-2-4-3-1/h1,10-11,17-19,29,43-44H,3,6-9,12-16,20-22H2,2,4H3;1-4H2/b34-27+,40-33+;. The van der Waals surface area contributed by atoms with Crippen LogP contribution in [-0.4, -0.2) is 98.1 Å². The van der Waals surface area contributed by atoms with Gasteiger partial charge in [-0.3, -0.25) is 9.98 Å². The molecule has 50 heavy (non-hydrogen) atoms. The van der Waals surface area contributed by atoms with Crippen molar-refractivity contribution in [3.63, 3.8) is 0 Å². The number of ether oxygens (including phenoxy) is 2. The number of terminal acetylenes is 1. The van der Waals surface area contributed by atoms with Gasteiger partial charge < -0.3 is 29.5 Å². The number of phenols is 1. The number of phenolic OH excluding ortho intramolecular Hbond substituents is 1. The van der Waals surface area contributed by atoms with Crippen LogP contribution in [-0.2, 0) is 9.47 Å². The van der Waals surface area contributed by atoms with Crippen LogP contribution in [0.25, 0.3) is 16.5 Å². The predicted octanol–water partition coefficient (Wildman–Crippen LogP) is 6.83. The maximum Gasteiger partial charge on any atom is 0.175 e. The third-order valence-electron chi connectivity index (χ3n) is 10.3. The molecular formula is C39H49F2N5O4. The summed E-state index contributed by atoms with van der Waals surface area (Å²) in [6, 6.07) is 5.83. The van der Waals surface area contributed by atoms with Crippen molar-refractivity contribution in [2.75, 3.05) is 53.4 Å². The van der Waals surface area contributed by atoms with Crippen LogP contribution in [0.4, 0.5) is 8.78 Å². The minimum absolute atomic E-state index is 0.0381. The zero-order valence-corrected chi connectivity index (χ0v) is 29.3. The Kier molecular flexibility index (Phi) is 12.9. The number of fused-ring (bicyclic) bond motifs is 2. The van der Waals surface area contributed by atoms with E-state index in [-0.39, 0.29) is 70.4 Å². The number of allylic oxidation sites excluding steroid dienone is 2. The fraction of sp³-hybridized carbons (Fsp3) is 0.513. The topological polar surface area (TPSA) is 102 Å². The molecule has 2 aromatic rings. The van der Waals surface area contributed by atoms with Gasteiger partial charge in [0.1, 0.15) is 42.3 Å². The summed E-state index contributed by atoms with van der Waals surface area (Å²) in [5.41, 5.74) is -0.0838. The minimum Gasteiger partial charge on any atom is -0.508 e. The van der Waals surface area contributed by atoms with Crippen LogP contribution in [0.3, 0.4) is 0 Å². The van der Waals surface area contributed by atoms with Crippen LogP contribution < -0.4 is 0 Å². The minimum atomic E-state index is -0.849. The number of rotatable bonds is 12. The lowest BCUT2D eigenvalue weighted by atomic mass is 9.76. The average Bonchev–Trinajstić information content (AvgIpc) is 3.52. The Bertz CT molecular complexity index is 1710. The number of hydrogen-bond acceptors (Lipinski definition) is 9. The predicted molar refractivity (Wildman–Crippen MR) is 196 cm³/mol. The highest BCUT2D eigenvalue weighted by atomic mass is 19.1. The molecule has 0 bridgehead atoms. The number of benzene rings is 2. The number of halogens is 2. The molecule has 4 aliphatic rings. The van der Waals surface area contributed by atoms with Gasteiger partial charge in [0.2, 0.25) is 0 Å². The van der Waals surface area contributed by atoms with Crippen LogP contribution in [0.2, 0.25) is 0 Å². The summed E-state index contributed by atoms with van der Waals surface area (Å²) in [5, 5.41) is 21.4. The molecule has 0 aromatic heterocycles. The highest BCUT2D eigenvalue weighted by Gasteiger charge is 2.46. The van der Waals surface area contributed by atoms with Crippen LogP contribution in [0.5, 0.6) is 5.75 Å². The third kappa shape index (κ3) is 8.00. The lowest BCUT2D eigenvalue weighted by molar-refractivity contribution is -0.0243. The van der Waals surface area contributed by atoms with Crippen LogP contribution in [0.15, 0.2) is 56.5 Å². The van der Waals surface area contributed by atoms with Gasteiger partial charge in [-0.25, -0.2) is 13.8 Å². The SMILES string of the molecule is C#Cc1c(F)ccc2cc(O)cc(C3=C(F)C(=N/COCC45CCCC4N(C)CCC5)/C(=C(\N=C)N(CO)CCOCC)C=N3)c12.C1CCC1. The summed E-state index contributed by atoms with van der Waals surface area (Å²) in [7, 11) is 2.16. The fourth-order valence-electron chi connectivity index (χ4n) is 7.44. The molecule has 3 fully saturated rings. The van der Waals surface area contributed by atoms with Crippen LogP contribution in [0, 0.1) is 23.6 Å². The van der Waals surface area contributed by atoms with E-state index in [1.54, 1.807) is 0 Å². The first-order chi connectivity index (χ1) is 24.3. The van der Waals surface area contributed by atoms with Crippen molar-refractivity contribution in [3.8, 4) is 18.1 Å². The molecule has 2 heterocycles. The van der Waals surface area contributed by atoms with Crippen molar-refractivity contribution in [1.29, 1.82) is 0 Å². The summed E-state index contributed by atoms with van der Waals surface area (Å²) in [6.45, 7) is 7.52. The first kappa shape index (κ1) is 37.3. The second kappa shape index (κ2) is 17.3. The van der Waals surface area contributed by atoms with Crippen molar-refractivity contribution < 1.29 is 28.5 Å². The van der Waals surface area contributed by atoms with Gasteiger partial charge in [0.25, 0.3) is 0 Å². The summed E-state index contributed by atoms with van der Waals surface area (Å²) in [5.74, 6) is 0.827. The lowest BCUT2D eigenvalue weighted by Crippen LogP contribution is -2.49. The van der Waals surface area contributed by atoms with E-state index < -0.39 is 18.4 Å². The molecule has 0 spiro atoms. The van der Waals surface area contributed by atoms with E-state index in [0.29, 0.717) is 24.6 Å². The molecule has 2 aliphatic carbocycles. The summed E-state index contributed by atoms with van der Waals surface area (Å²) in [4.78, 5) is 17.0. The lowest BCUT2D eigenvalue weighted by Gasteiger charge is -2.44. The molecule has 2 N–H and O–H groups in total.